The predicted molar refractivity (Wildman–Crippen MR) is 39.8 cm³/mol. The smallest absolute Gasteiger partial charge is 0.0831 e. The van der Waals surface area contributed by atoms with Gasteiger partial charge in [-0.15, -0.1) is 5.10 Å². The standard InChI is InChI=1S/C7H5N3/c1-3-8-5-7-6(1)2-4-9-10-7/h1-3,5,10H. The topological polar surface area (TPSA) is 37.3 Å². The second-order valence-corrected chi connectivity index (χ2v) is 1.96. The molecule has 0 atom stereocenters. The van der Waals surface area contributed by atoms with Crippen molar-refractivity contribution in [3.63, 3.8) is 0 Å². The van der Waals surface area contributed by atoms with Gasteiger partial charge in [0.1, 0.15) is 0 Å². The second kappa shape index (κ2) is 1.97. The maximum Gasteiger partial charge on any atom is 0.0831 e. The number of hydrazone groups is 1. The number of hydrogen-bond acceptors (Lipinski definition) is 3. The summed E-state index contributed by atoms with van der Waals surface area (Å²) >= 11 is 0. The van der Waals surface area contributed by atoms with E-state index in [4.69, 9.17) is 0 Å². The lowest BCUT2D eigenvalue weighted by Gasteiger charge is -2.03. The van der Waals surface area contributed by atoms with Crippen molar-refractivity contribution in [2.45, 2.75) is 0 Å². The first-order valence-electron chi connectivity index (χ1n) is 2.95. The Morgan fingerprint density at radius 3 is 3.40 bits per heavy atom. The Hall–Kier alpha value is -1.60. The first-order chi connectivity index (χ1) is 4.97. The highest BCUT2D eigenvalue weighted by molar-refractivity contribution is 5.85. The molecule has 0 aromatic carbocycles. The first kappa shape index (κ1) is 5.21. The molecule has 48 valence electrons. The van der Waals surface area contributed by atoms with Gasteiger partial charge >= 0.3 is 0 Å². The Bertz CT molecular complexity index is 310. The molecule has 1 aliphatic heterocycles. The van der Waals surface area contributed by atoms with Crippen molar-refractivity contribution in [1.82, 2.24) is 4.98 Å². The van der Waals surface area contributed by atoms with Gasteiger partial charge < -0.3 is 0 Å². The third-order valence-electron chi connectivity index (χ3n) is 1.32. The molecule has 10 heavy (non-hydrogen) atoms. The molecular formula is C7H5N3. The molecule has 1 aromatic rings. The minimum absolute atomic E-state index is 0.932. The summed E-state index contributed by atoms with van der Waals surface area (Å²) in [5, 5.41) is 3.72. The van der Waals surface area contributed by atoms with Crippen molar-refractivity contribution in [3.8, 4) is 0 Å². The molecule has 0 bridgehead atoms. The monoisotopic (exact) mass is 131 g/mol. The summed E-state index contributed by atoms with van der Waals surface area (Å²) in [4.78, 5) is 3.93. The summed E-state index contributed by atoms with van der Waals surface area (Å²) < 4.78 is 0. The fourth-order valence-electron chi connectivity index (χ4n) is 0.819. The van der Waals surface area contributed by atoms with E-state index >= 15 is 0 Å². The van der Waals surface area contributed by atoms with E-state index in [-0.39, 0.29) is 0 Å². The Morgan fingerprint density at radius 1 is 1.50 bits per heavy atom. The molecule has 0 saturated heterocycles. The number of nitrogens with zero attached hydrogens (tertiary/aromatic N) is 2. The quantitative estimate of drug-likeness (QED) is 0.572. The number of fused-ring (bicyclic) bond motifs is 1. The van der Waals surface area contributed by atoms with Crippen LogP contribution in [0.15, 0.2) is 23.6 Å². The zero-order chi connectivity index (χ0) is 6.81. The lowest BCUT2D eigenvalue weighted by molar-refractivity contribution is 1.26. The molecule has 0 fully saturated rings. The lowest BCUT2D eigenvalue weighted by Crippen LogP contribution is -1.94. The van der Waals surface area contributed by atoms with E-state index < -0.39 is 0 Å². The van der Waals surface area contributed by atoms with Crippen molar-refractivity contribution in [1.29, 1.82) is 0 Å². The number of anilines is 1. The van der Waals surface area contributed by atoms with Gasteiger partial charge in [-0.05, 0) is 6.07 Å². The summed E-state index contributed by atoms with van der Waals surface area (Å²) in [6, 6.07) is 1.91. The van der Waals surface area contributed by atoms with Crippen molar-refractivity contribution in [2.24, 2.45) is 5.10 Å². The summed E-state index contributed by atoms with van der Waals surface area (Å²) in [7, 11) is 0. The fourth-order valence-corrected chi connectivity index (χ4v) is 0.819. The summed E-state index contributed by atoms with van der Waals surface area (Å²) in [6.45, 7) is 0. The van der Waals surface area contributed by atoms with Crippen molar-refractivity contribution in [2.75, 3.05) is 5.43 Å². The van der Waals surface area contributed by atoms with Crippen LogP contribution in [0.4, 0.5) is 5.69 Å². The number of pyridine rings is 1. The van der Waals surface area contributed by atoms with Crippen LogP contribution >= 0.6 is 0 Å². The molecule has 2 heterocycles. The average Bonchev–Trinajstić information content (AvgIpc) is 2.05. The van der Waals surface area contributed by atoms with E-state index in [1.165, 1.54) is 0 Å². The molecule has 1 aromatic heterocycles. The van der Waals surface area contributed by atoms with E-state index in [0.717, 1.165) is 11.3 Å². The van der Waals surface area contributed by atoms with Crippen molar-refractivity contribution in [3.05, 3.63) is 24.0 Å². The molecule has 1 aliphatic rings. The molecule has 0 spiro atoms. The highest BCUT2D eigenvalue weighted by Crippen LogP contribution is 2.15. The maximum absolute atomic E-state index is 3.93. The molecular weight excluding hydrogens is 126 g/mol. The highest BCUT2D eigenvalue weighted by Gasteiger charge is 1.98. The highest BCUT2D eigenvalue weighted by atomic mass is 15.3. The number of rotatable bonds is 0. The van der Waals surface area contributed by atoms with Crippen LogP contribution in [0.3, 0.4) is 0 Å². The third kappa shape index (κ3) is 0.694. The van der Waals surface area contributed by atoms with Crippen LogP contribution < -0.4 is 5.43 Å². The van der Waals surface area contributed by atoms with Gasteiger partial charge in [-0.25, -0.2) is 0 Å². The minimum atomic E-state index is 0.932. The normalized spacial score (nSPS) is 12.4. The lowest BCUT2D eigenvalue weighted by atomic mass is 10.2. The van der Waals surface area contributed by atoms with E-state index in [1.807, 2.05) is 12.1 Å². The molecule has 0 aliphatic carbocycles. The van der Waals surface area contributed by atoms with Crippen LogP contribution in [0.5, 0.6) is 0 Å². The largest absolute Gasteiger partial charge is 0.268 e. The number of hydrogen-bond donors (Lipinski definition) is 1. The number of nitrogens with one attached hydrogen (secondary N) is 1. The average molecular weight is 131 g/mol. The Balaban J connectivity index is 2.63. The van der Waals surface area contributed by atoms with E-state index in [9.17, 15) is 0 Å². The van der Waals surface area contributed by atoms with Crippen LogP contribution in [0.1, 0.15) is 5.56 Å². The Morgan fingerprint density at radius 2 is 2.50 bits per heavy atom. The second-order valence-electron chi connectivity index (χ2n) is 1.96. The van der Waals surface area contributed by atoms with Crippen LogP contribution in [0.25, 0.3) is 6.08 Å². The SMILES string of the molecule is C1=Cc2ccncc2NN=1. The van der Waals surface area contributed by atoms with Crippen molar-refractivity contribution >= 4 is 17.6 Å². The van der Waals surface area contributed by atoms with Crippen molar-refractivity contribution < 1.29 is 0 Å². The first-order valence-corrected chi connectivity index (χ1v) is 2.95. The summed E-state index contributed by atoms with van der Waals surface area (Å²) in [5.41, 5.74) is 4.79. The molecule has 0 saturated carbocycles. The molecule has 3 heteroatoms. The van der Waals surface area contributed by atoms with E-state index in [0.29, 0.717) is 0 Å². The van der Waals surface area contributed by atoms with Gasteiger partial charge in [0.2, 0.25) is 0 Å². The maximum atomic E-state index is 3.93. The predicted octanol–water partition coefficient (Wildman–Crippen LogP) is 1.10. The fraction of sp³-hybridized carbons (Fsp3) is 0. The molecule has 2 rings (SSSR count). The van der Waals surface area contributed by atoms with Gasteiger partial charge in [-0.2, -0.15) is 0 Å². The zero-order valence-electron chi connectivity index (χ0n) is 5.20. The molecule has 0 unspecified atom stereocenters. The van der Waals surface area contributed by atoms with Gasteiger partial charge in [0.05, 0.1) is 11.9 Å². The van der Waals surface area contributed by atoms with E-state index in [1.54, 1.807) is 12.4 Å². The minimum Gasteiger partial charge on any atom is -0.268 e. The van der Waals surface area contributed by atoms with E-state index in [2.05, 4.69) is 21.4 Å². The Kier molecular flexibility index (Phi) is 1.03. The summed E-state index contributed by atoms with van der Waals surface area (Å²) in [6.07, 6.45) is 5.29. The molecule has 0 amide bonds. The molecule has 3 nitrogen and oxygen atoms in total. The molecule has 1 N–H and O–H groups in total. The third-order valence-corrected chi connectivity index (χ3v) is 1.32. The van der Waals surface area contributed by atoms with Crippen LogP contribution in [-0.2, 0) is 0 Å². The Labute approximate surface area is 58.1 Å². The van der Waals surface area contributed by atoms with Gasteiger partial charge in [0, 0.05) is 23.7 Å². The van der Waals surface area contributed by atoms with Gasteiger partial charge in [-0.3, -0.25) is 10.4 Å². The van der Waals surface area contributed by atoms with Gasteiger partial charge in [-0.1, -0.05) is 0 Å². The molecule has 0 radical (unpaired) electrons. The van der Waals surface area contributed by atoms with Crippen LogP contribution in [0.2, 0.25) is 0 Å². The van der Waals surface area contributed by atoms with Crippen LogP contribution in [-0.4, -0.2) is 10.9 Å². The van der Waals surface area contributed by atoms with Crippen LogP contribution in [0, 0.1) is 0 Å². The van der Waals surface area contributed by atoms with Gasteiger partial charge in [0.15, 0.2) is 0 Å². The van der Waals surface area contributed by atoms with Gasteiger partial charge in [0.25, 0.3) is 0 Å². The zero-order valence-corrected chi connectivity index (χ0v) is 5.20. The number of aromatic nitrogens is 1. The summed E-state index contributed by atoms with van der Waals surface area (Å²) in [5.74, 6) is 2.70.